The van der Waals surface area contributed by atoms with Gasteiger partial charge in [0.15, 0.2) is 0 Å². The van der Waals surface area contributed by atoms with Crippen LogP contribution in [0.4, 0.5) is 0 Å². The highest BCUT2D eigenvalue weighted by Gasteiger charge is 2.20. The summed E-state index contributed by atoms with van der Waals surface area (Å²) < 4.78 is 0. The molecule has 1 aliphatic rings. The van der Waals surface area contributed by atoms with E-state index in [0.29, 0.717) is 6.04 Å². The highest BCUT2D eigenvalue weighted by Crippen LogP contribution is 2.19. The molecule has 1 heterocycles. The zero-order valence-corrected chi connectivity index (χ0v) is 8.64. The first-order valence-corrected chi connectivity index (χ1v) is 5.02. The predicted molar refractivity (Wildman–Crippen MR) is 54.2 cm³/mol. The van der Waals surface area contributed by atoms with Crippen LogP contribution in [0.25, 0.3) is 0 Å². The number of likely N-dealkylation sites (tertiary alicyclic amines) is 1. The fourth-order valence-electron chi connectivity index (χ4n) is 1.75. The van der Waals surface area contributed by atoms with Gasteiger partial charge in [0, 0.05) is 12.6 Å². The smallest absolute Gasteiger partial charge is 0.0193 e. The molecule has 0 N–H and O–H groups in total. The van der Waals surface area contributed by atoms with Crippen molar-refractivity contribution >= 4 is 0 Å². The van der Waals surface area contributed by atoms with E-state index in [9.17, 15) is 0 Å². The van der Waals surface area contributed by atoms with Crippen LogP contribution in [0.1, 0.15) is 33.6 Å². The van der Waals surface area contributed by atoms with E-state index in [1.54, 1.807) is 0 Å². The summed E-state index contributed by atoms with van der Waals surface area (Å²) in [5, 5.41) is 0. The van der Waals surface area contributed by atoms with Crippen LogP contribution < -0.4 is 0 Å². The van der Waals surface area contributed by atoms with Crippen LogP contribution in [-0.4, -0.2) is 24.0 Å². The van der Waals surface area contributed by atoms with Crippen molar-refractivity contribution in [3.05, 3.63) is 12.2 Å². The number of nitrogens with zero attached hydrogens (tertiary/aromatic N) is 1. The third-order valence-corrected chi connectivity index (χ3v) is 2.94. The Balaban J connectivity index is 2.45. The van der Waals surface area contributed by atoms with Gasteiger partial charge in [-0.25, -0.2) is 0 Å². The Morgan fingerprint density at radius 2 is 2.00 bits per heavy atom. The van der Waals surface area contributed by atoms with Crippen LogP contribution in [-0.2, 0) is 0 Å². The van der Waals surface area contributed by atoms with Gasteiger partial charge < -0.3 is 0 Å². The second kappa shape index (κ2) is 4.08. The molecule has 0 bridgehead atoms. The Hall–Kier alpha value is -0.300. The van der Waals surface area contributed by atoms with E-state index in [1.165, 1.54) is 25.0 Å². The minimum absolute atomic E-state index is 0.710. The molecule has 0 spiro atoms. The fraction of sp³-hybridized carbons (Fsp3) is 0.818. The van der Waals surface area contributed by atoms with E-state index >= 15 is 0 Å². The van der Waals surface area contributed by atoms with Crippen molar-refractivity contribution in [1.29, 1.82) is 0 Å². The molecule has 12 heavy (non-hydrogen) atoms. The maximum Gasteiger partial charge on any atom is 0.0193 e. The second-order valence-corrected chi connectivity index (χ2v) is 4.31. The minimum Gasteiger partial charge on any atom is -0.296 e. The number of rotatable bonds is 2. The molecule has 1 rings (SSSR count). The lowest BCUT2D eigenvalue weighted by Gasteiger charge is -2.35. The van der Waals surface area contributed by atoms with Crippen LogP contribution in [0.5, 0.6) is 0 Å². The van der Waals surface area contributed by atoms with E-state index < -0.39 is 0 Å². The van der Waals surface area contributed by atoms with Gasteiger partial charge in [0.05, 0.1) is 0 Å². The van der Waals surface area contributed by atoms with Crippen LogP contribution >= 0.6 is 0 Å². The Kier molecular flexibility index (Phi) is 3.33. The zero-order valence-electron chi connectivity index (χ0n) is 8.64. The first-order chi connectivity index (χ1) is 5.61. The van der Waals surface area contributed by atoms with E-state index in [4.69, 9.17) is 0 Å². The standard InChI is InChI=1S/C11H21N/c1-9(2)11(4)12-7-5-6-10(3)8-12/h9,11H,3,5-8H2,1-2,4H3. The molecule has 1 unspecified atom stereocenters. The molecule has 70 valence electrons. The minimum atomic E-state index is 0.710. The van der Waals surface area contributed by atoms with Gasteiger partial charge in [0.25, 0.3) is 0 Å². The number of hydrogen-bond acceptors (Lipinski definition) is 1. The predicted octanol–water partition coefficient (Wildman–Crippen LogP) is 2.68. The molecule has 0 aromatic carbocycles. The van der Waals surface area contributed by atoms with Gasteiger partial charge in [-0.1, -0.05) is 26.0 Å². The Morgan fingerprint density at radius 3 is 2.50 bits per heavy atom. The zero-order chi connectivity index (χ0) is 9.14. The molecule has 0 aliphatic carbocycles. The van der Waals surface area contributed by atoms with Gasteiger partial charge >= 0.3 is 0 Å². The maximum absolute atomic E-state index is 4.06. The maximum atomic E-state index is 4.06. The van der Waals surface area contributed by atoms with Gasteiger partial charge in [-0.3, -0.25) is 4.90 Å². The van der Waals surface area contributed by atoms with Gasteiger partial charge in [-0.15, -0.1) is 0 Å². The summed E-state index contributed by atoms with van der Waals surface area (Å²) in [4.78, 5) is 2.55. The summed E-state index contributed by atoms with van der Waals surface area (Å²) in [7, 11) is 0. The quantitative estimate of drug-likeness (QED) is 0.572. The Labute approximate surface area is 76.5 Å². The fourth-order valence-corrected chi connectivity index (χ4v) is 1.75. The lowest BCUT2D eigenvalue weighted by atomic mass is 9.99. The number of piperidine rings is 1. The second-order valence-electron chi connectivity index (χ2n) is 4.31. The summed E-state index contributed by atoms with van der Waals surface area (Å²) in [6, 6.07) is 0.710. The summed E-state index contributed by atoms with van der Waals surface area (Å²) in [6.45, 7) is 13.4. The van der Waals surface area contributed by atoms with Gasteiger partial charge in [0.2, 0.25) is 0 Å². The average molecular weight is 167 g/mol. The number of hydrogen-bond donors (Lipinski definition) is 0. The molecule has 1 fully saturated rings. The lowest BCUT2D eigenvalue weighted by molar-refractivity contribution is 0.165. The van der Waals surface area contributed by atoms with Crippen LogP contribution in [0, 0.1) is 5.92 Å². The Bertz CT molecular complexity index is 160. The topological polar surface area (TPSA) is 3.24 Å². The monoisotopic (exact) mass is 167 g/mol. The summed E-state index contributed by atoms with van der Waals surface area (Å²) in [5.41, 5.74) is 1.41. The molecular formula is C11H21N. The SMILES string of the molecule is C=C1CCCN(C(C)C(C)C)C1. The third kappa shape index (κ3) is 2.34. The van der Waals surface area contributed by atoms with Crippen molar-refractivity contribution in [3.8, 4) is 0 Å². The molecule has 1 nitrogen and oxygen atoms in total. The molecular weight excluding hydrogens is 146 g/mol. The highest BCUT2D eigenvalue weighted by molar-refractivity contribution is 5.01. The van der Waals surface area contributed by atoms with Crippen LogP contribution in [0.15, 0.2) is 12.2 Å². The van der Waals surface area contributed by atoms with E-state index in [0.717, 1.165) is 12.5 Å². The van der Waals surface area contributed by atoms with Gasteiger partial charge in [-0.2, -0.15) is 0 Å². The van der Waals surface area contributed by atoms with E-state index in [2.05, 4.69) is 32.3 Å². The normalized spacial score (nSPS) is 23.2. The molecule has 1 atom stereocenters. The van der Waals surface area contributed by atoms with Crippen molar-refractivity contribution in [1.82, 2.24) is 4.90 Å². The first kappa shape index (κ1) is 9.79. The highest BCUT2D eigenvalue weighted by atomic mass is 15.2. The van der Waals surface area contributed by atoms with Crippen molar-refractivity contribution in [2.75, 3.05) is 13.1 Å². The molecule has 0 aromatic heterocycles. The lowest BCUT2D eigenvalue weighted by Crippen LogP contribution is -2.40. The van der Waals surface area contributed by atoms with Crippen molar-refractivity contribution in [2.45, 2.75) is 39.7 Å². The summed E-state index contributed by atoms with van der Waals surface area (Å²) in [5.74, 6) is 0.760. The molecule has 0 amide bonds. The summed E-state index contributed by atoms with van der Waals surface area (Å²) >= 11 is 0. The van der Waals surface area contributed by atoms with Crippen molar-refractivity contribution in [2.24, 2.45) is 5.92 Å². The van der Waals surface area contributed by atoms with Gasteiger partial charge in [0.1, 0.15) is 0 Å². The largest absolute Gasteiger partial charge is 0.296 e. The molecule has 0 aromatic rings. The average Bonchev–Trinajstić information content (AvgIpc) is 2.03. The molecule has 0 radical (unpaired) electrons. The first-order valence-electron chi connectivity index (χ1n) is 5.02. The van der Waals surface area contributed by atoms with Crippen LogP contribution in [0.2, 0.25) is 0 Å². The van der Waals surface area contributed by atoms with Crippen molar-refractivity contribution in [3.63, 3.8) is 0 Å². The molecule has 1 saturated heterocycles. The third-order valence-electron chi connectivity index (χ3n) is 2.94. The molecule has 0 saturated carbocycles. The molecule has 1 heteroatoms. The van der Waals surface area contributed by atoms with Crippen LogP contribution in [0.3, 0.4) is 0 Å². The van der Waals surface area contributed by atoms with Crippen molar-refractivity contribution < 1.29 is 0 Å². The summed E-state index contributed by atoms with van der Waals surface area (Å²) in [6.07, 6.45) is 2.54. The molecule has 1 aliphatic heterocycles. The Morgan fingerprint density at radius 1 is 1.33 bits per heavy atom. The van der Waals surface area contributed by atoms with E-state index in [1.807, 2.05) is 0 Å². The van der Waals surface area contributed by atoms with E-state index in [-0.39, 0.29) is 0 Å². The van der Waals surface area contributed by atoms with Gasteiger partial charge in [-0.05, 0) is 32.2 Å².